The molecule has 4 nitrogen and oxygen atoms in total. The fourth-order valence-electron chi connectivity index (χ4n) is 2.76. The number of anilines is 1. The van der Waals surface area contributed by atoms with Crippen LogP contribution in [0, 0.1) is 11.3 Å². The van der Waals surface area contributed by atoms with E-state index in [2.05, 4.69) is 16.0 Å². The van der Waals surface area contributed by atoms with E-state index >= 15 is 0 Å². The van der Waals surface area contributed by atoms with Crippen LogP contribution in [-0.2, 0) is 0 Å². The van der Waals surface area contributed by atoms with Crippen molar-refractivity contribution >= 4 is 16.6 Å². The molecule has 2 N–H and O–H groups in total. The minimum absolute atomic E-state index is 0.461. The van der Waals surface area contributed by atoms with Crippen LogP contribution in [0.1, 0.15) is 43.0 Å². The Morgan fingerprint density at radius 1 is 1.28 bits per heavy atom. The van der Waals surface area contributed by atoms with E-state index in [1.165, 1.54) is 12.8 Å². The molecular formula is C14H14N4. The lowest BCUT2D eigenvalue weighted by molar-refractivity contribution is 0.704. The molecule has 18 heavy (non-hydrogen) atoms. The van der Waals surface area contributed by atoms with Crippen molar-refractivity contribution in [1.29, 1.82) is 5.26 Å². The van der Waals surface area contributed by atoms with Crippen LogP contribution >= 0.6 is 0 Å². The first-order chi connectivity index (χ1) is 8.78. The summed E-state index contributed by atoms with van der Waals surface area (Å²) in [4.78, 5) is 8.59. The van der Waals surface area contributed by atoms with Crippen molar-refractivity contribution in [2.24, 2.45) is 0 Å². The SMILES string of the molecule is N#Cc1cc2cnc(N)cc2c(C2CCCC2)n1. The Labute approximate surface area is 105 Å². The summed E-state index contributed by atoms with van der Waals surface area (Å²) in [7, 11) is 0. The maximum Gasteiger partial charge on any atom is 0.141 e. The number of rotatable bonds is 1. The van der Waals surface area contributed by atoms with Crippen LogP contribution in [0.2, 0.25) is 0 Å². The largest absolute Gasteiger partial charge is 0.384 e. The summed E-state index contributed by atoms with van der Waals surface area (Å²) in [6.07, 6.45) is 6.51. The van der Waals surface area contributed by atoms with Gasteiger partial charge >= 0.3 is 0 Å². The van der Waals surface area contributed by atoms with Crippen molar-refractivity contribution in [2.75, 3.05) is 5.73 Å². The van der Waals surface area contributed by atoms with Crippen molar-refractivity contribution in [2.45, 2.75) is 31.6 Å². The summed E-state index contributed by atoms with van der Waals surface area (Å²) in [5, 5.41) is 11.1. The molecule has 0 amide bonds. The van der Waals surface area contributed by atoms with Crippen molar-refractivity contribution in [3.63, 3.8) is 0 Å². The van der Waals surface area contributed by atoms with Crippen LogP contribution in [0.5, 0.6) is 0 Å². The zero-order valence-electron chi connectivity index (χ0n) is 10.1. The molecule has 2 aromatic rings. The maximum atomic E-state index is 9.06. The lowest BCUT2D eigenvalue weighted by Gasteiger charge is -2.12. The molecule has 2 aromatic heterocycles. The van der Waals surface area contributed by atoms with Gasteiger partial charge in [0.25, 0.3) is 0 Å². The first-order valence-electron chi connectivity index (χ1n) is 6.24. The molecule has 1 fully saturated rings. The third kappa shape index (κ3) is 1.78. The second-order valence-electron chi connectivity index (χ2n) is 4.82. The number of hydrogen-bond donors (Lipinski definition) is 1. The van der Waals surface area contributed by atoms with Crippen molar-refractivity contribution in [3.05, 3.63) is 29.7 Å². The summed E-state index contributed by atoms with van der Waals surface area (Å²) in [5.41, 5.74) is 7.25. The van der Waals surface area contributed by atoms with Gasteiger partial charge in [0.2, 0.25) is 0 Å². The van der Waals surface area contributed by atoms with Crippen molar-refractivity contribution in [1.82, 2.24) is 9.97 Å². The number of nitrogens with two attached hydrogens (primary N) is 1. The molecule has 0 unspecified atom stereocenters. The number of nitriles is 1. The maximum absolute atomic E-state index is 9.06. The Hall–Kier alpha value is -2.15. The molecule has 90 valence electrons. The molecule has 4 heteroatoms. The van der Waals surface area contributed by atoms with Gasteiger partial charge in [-0.25, -0.2) is 9.97 Å². The highest BCUT2D eigenvalue weighted by Gasteiger charge is 2.21. The van der Waals surface area contributed by atoms with E-state index in [1.807, 2.05) is 6.07 Å². The molecule has 0 aliphatic heterocycles. The lowest BCUT2D eigenvalue weighted by atomic mass is 9.98. The quantitative estimate of drug-likeness (QED) is 0.828. The zero-order chi connectivity index (χ0) is 12.5. The van der Waals surface area contributed by atoms with E-state index in [-0.39, 0.29) is 0 Å². The summed E-state index contributed by atoms with van der Waals surface area (Å²) in [6, 6.07) is 5.78. The molecule has 0 spiro atoms. The molecule has 1 aliphatic carbocycles. The van der Waals surface area contributed by atoms with E-state index < -0.39 is 0 Å². The Bertz CT molecular complexity index is 636. The fourth-order valence-corrected chi connectivity index (χ4v) is 2.76. The Morgan fingerprint density at radius 3 is 2.78 bits per heavy atom. The third-order valence-corrected chi connectivity index (χ3v) is 3.62. The van der Waals surface area contributed by atoms with E-state index in [4.69, 9.17) is 11.0 Å². The predicted octanol–water partition coefficient (Wildman–Crippen LogP) is 2.74. The van der Waals surface area contributed by atoms with E-state index in [0.29, 0.717) is 17.4 Å². The topological polar surface area (TPSA) is 75.6 Å². The first kappa shape index (κ1) is 11.0. The van der Waals surface area contributed by atoms with Crippen LogP contribution in [0.3, 0.4) is 0 Å². The number of aromatic nitrogens is 2. The van der Waals surface area contributed by atoms with Crippen LogP contribution in [0.15, 0.2) is 18.3 Å². The molecule has 0 saturated heterocycles. The highest BCUT2D eigenvalue weighted by Crippen LogP contribution is 2.36. The average Bonchev–Trinajstić information content (AvgIpc) is 2.91. The second-order valence-corrected chi connectivity index (χ2v) is 4.82. The Balaban J connectivity index is 2.25. The van der Waals surface area contributed by atoms with Crippen LogP contribution in [0.25, 0.3) is 10.8 Å². The molecule has 1 saturated carbocycles. The van der Waals surface area contributed by atoms with Gasteiger partial charge in [-0.15, -0.1) is 0 Å². The van der Waals surface area contributed by atoms with Crippen LogP contribution in [-0.4, -0.2) is 9.97 Å². The van der Waals surface area contributed by atoms with E-state index in [0.717, 1.165) is 29.3 Å². The van der Waals surface area contributed by atoms with Crippen LogP contribution < -0.4 is 5.73 Å². The average molecular weight is 238 g/mol. The highest BCUT2D eigenvalue weighted by atomic mass is 14.8. The van der Waals surface area contributed by atoms with Gasteiger partial charge in [-0.1, -0.05) is 12.8 Å². The van der Waals surface area contributed by atoms with Gasteiger partial charge in [-0.05, 0) is 25.0 Å². The predicted molar refractivity (Wildman–Crippen MR) is 69.9 cm³/mol. The zero-order valence-corrected chi connectivity index (χ0v) is 10.1. The minimum Gasteiger partial charge on any atom is -0.384 e. The van der Waals surface area contributed by atoms with Gasteiger partial charge in [-0.2, -0.15) is 5.26 Å². The van der Waals surface area contributed by atoms with E-state index in [9.17, 15) is 0 Å². The first-order valence-corrected chi connectivity index (χ1v) is 6.24. The van der Waals surface area contributed by atoms with E-state index in [1.54, 1.807) is 12.3 Å². The monoisotopic (exact) mass is 238 g/mol. The Morgan fingerprint density at radius 2 is 2.06 bits per heavy atom. The van der Waals surface area contributed by atoms with Crippen molar-refractivity contribution < 1.29 is 0 Å². The molecule has 0 atom stereocenters. The number of nitrogens with zero attached hydrogens (tertiary/aromatic N) is 3. The molecule has 1 aliphatic rings. The standard InChI is InChI=1S/C14H14N4/c15-7-11-5-10-8-17-13(16)6-12(10)14(18-11)9-3-1-2-4-9/h5-6,8-9H,1-4H2,(H2,16,17). The van der Waals surface area contributed by atoms with Gasteiger partial charge in [0.1, 0.15) is 17.6 Å². The van der Waals surface area contributed by atoms with Gasteiger partial charge in [0.05, 0.1) is 5.69 Å². The van der Waals surface area contributed by atoms with Crippen molar-refractivity contribution in [3.8, 4) is 6.07 Å². The number of fused-ring (bicyclic) bond motifs is 1. The minimum atomic E-state index is 0.461. The van der Waals surface area contributed by atoms with Crippen LogP contribution in [0.4, 0.5) is 5.82 Å². The number of hydrogen-bond acceptors (Lipinski definition) is 4. The smallest absolute Gasteiger partial charge is 0.141 e. The summed E-state index contributed by atoms with van der Waals surface area (Å²) in [6.45, 7) is 0. The molecule has 0 bridgehead atoms. The Kier molecular flexibility index (Phi) is 2.60. The molecule has 2 heterocycles. The summed E-state index contributed by atoms with van der Waals surface area (Å²) < 4.78 is 0. The van der Waals surface area contributed by atoms with Gasteiger partial charge in [-0.3, -0.25) is 0 Å². The third-order valence-electron chi connectivity index (χ3n) is 3.62. The highest BCUT2D eigenvalue weighted by molar-refractivity contribution is 5.87. The summed E-state index contributed by atoms with van der Waals surface area (Å²) in [5.74, 6) is 0.968. The lowest BCUT2D eigenvalue weighted by Crippen LogP contribution is -2.01. The molecule has 3 rings (SSSR count). The fraction of sp³-hybridized carbons (Fsp3) is 0.357. The second kappa shape index (κ2) is 4.26. The number of pyridine rings is 2. The summed E-state index contributed by atoms with van der Waals surface area (Å²) >= 11 is 0. The molecule has 0 radical (unpaired) electrons. The van der Waals surface area contributed by atoms with Gasteiger partial charge in [0.15, 0.2) is 0 Å². The van der Waals surface area contributed by atoms with Gasteiger partial charge in [0, 0.05) is 22.9 Å². The molecular weight excluding hydrogens is 224 g/mol. The number of nitrogen functional groups attached to an aromatic ring is 1. The van der Waals surface area contributed by atoms with Gasteiger partial charge < -0.3 is 5.73 Å². The molecule has 0 aromatic carbocycles. The normalized spacial score (nSPS) is 15.9.